The van der Waals surface area contributed by atoms with Gasteiger partial charge >= 0.3 is 5.97 Å². The first-order valence-corrected chi connectivity index (χ1v) is 4.45. The minimum atomic E-state index is -0.874. The highest BCUT2D eigenvalue weighted by atomic mass is 16.5. The lowest BCUT2D eigenvalue weighted by Crippen LogP contribution is -2.27. The van der Waals surface area contributed by atoms with E-state index in [2.05, 4.69) is 9.89 Å². The van der Waals surface area contributed by atoms with Crippen LogP contribution in [-0.2, 0) is 14.3 Å². The molecule has 5 heteroatoms. The van der Waals surface area contributed by atoms with Crippen LogP contribution in [0.5, 0.6) is 0 Å². The van der Waals surface area contributed by atoms with Crippen molar-refractivity contribution in [2.75, 3.05) is 6.61 Å². The third kappa shape index (κ3) is 4.02. The number of esters is 1. The van der Waals surface area contributed by atoms with Crippen LogP contribution in [0.3, 0.4) is 0 Å². The molecule has 0 radical (unpaired) electrons. The van der Waals surface area contributed by atoms with E-state index in [1.165, 1.54) is 0 Å². The average Bonchev–Trinajstić information content (AvgIpc) is 2.04. The van der Waals surface area contributed by atoms with Crippen molar-refractivity contribution in [3.63, 3.8) is 0 Å². The second kappa shape index (κ2) is 6.12. The number of hydrogen-bond donors (Lipinski definition) is 1. The predicted octanol–water partition coefficient (Wildman–Crippen LogP) is 0.995. The molecule has 0 aliphatic carbocycles. The second-order valence-corrected chi connectivity index (χ2v) is 3.19. The van der Waals surface area contributed by atoms with Gasteiger partial charge in [-0.25, -0.2) is 4.79 Å². The van der Waals surface area contributed by atoms with E-state index in [1.54, 1.807) is 6.92 Å². The van der Waals surface area contributed by atoms with Crippen molar-refractivity contribution >= 4 is 17.5 Å². The summed E-state index contributed by atoms with van der Waals surface area (Å²) in [6.07, 6.45) is 0.165. The molecule has 0 atom stereocenters. The van der Waals surface area contributed by atoms with Crippen molar-refractivity contribution in [2.24, 2.45) is 11.1 Å². The van der Waals surface area contributed by atoms with E-state index in [9.17, 15) is 9.59 Å². The zero-order valence-electron chi connectivity index (χ0n) is 8.61. The zero-order valence-corrected chi connectivity index (χ0v) is 8.61. The predicted molar refractivity (Wildman–Crippen MR) is 50.3 cm³/mol. The molecule has 0 saturated heterocycles. The van der Waals surface area contributed by atoms with Crippen molar-refractivity contribution in [3.05, 3.63) is 0 Å². The smallest absolute Gasteiger partial charge is 0.364 e. The van der Waals surface area contributed by atoms with E-state index in [0.717, 1.165) is 0 Å². The molecule has 0 fully saturated rings. The van der Waals surface area contributed by atoms with Crippen LogP contribution in [0.15, 0.2) is 5.16 Å². The highest BCUT2D eigenvalue weighted by Crippen LogP contribution is 2.02. The molecule has 0 aromatic rings. The molecular formula is C9H15NO4. The summed E-state index contributed by atoms with van der Waals surface area (Å²) >= 11 is 0. The minimum Gasteiger partial charge on any atom is -0.461 e. The zero-order chi connectivity index (χ0) is 11.1. The van der Waals surface area contributed by atoms with Crippen LogP contribution in [0.2, 0.25) is 0 Å². The number of Topliss-reactive ketones (excluding diaryl/α,β-unsaturated/α-hetero) is 1. The van der Waals surface area contributed by atoms with Gasteiger partial charge < -0.3 is 9.94 Å². The van der Waals surface area contributed by atoms with Gasteiger partial charge in [0, 0.05) is 6.42 Å². The molecule has 0 rings (SSSR count). The second-order valence-electron chi connectivity index (χ2n) is 3.19. The van der Waals surface area contributed by atoms with Crippen LogP contribution in [0.1, 0.15) is 27.2 Å². The Hall–Kier alpha value is -1.39. The summed E-state index contributed by atoms with van der Waals surface area (Å²) in [5.41, 5.74) is -0.527. The number of oxime groups is 1. The highest BCUT2D eigenvalue weighted by Gasteiger charge is 2.22. The first-order valence-electron chi connectivity index (χ1n) is 4.45. The summed E-state index contributed by atoms with van der Waals surface area (Å²) in [7, 11) is 0. The summed E-state index contributed by atoms with van der Waals surface area (Å²) in [5.74, 6) is -1.27. The van der Waals surface area contributed by atoms with Crippen LogP contribution in [0, 0.1) is 5.92 Å². The monoisotopic (exact) mass is 201 g/mol. The largest absolute Gasteiger partial charge is 0.461 e. The van der Waals surface area contributed by atoms with Crippen molar-refractivity contribution in [2.45, 2.75) is 27.2 Å². The molecule has 1 N–H and O–H groups in total. The van der Waals surface area contributed by atoms with Gasteiger partial charge in [0.1, 0.15) is 0 Å². The fourth-order valence-electron chi connectivity index (χ4n) is 0.877. The highest BCUT2D eigenvalue weighted by molar-refractivity contribution is 6.64. The van der Waals surface area contributed by atoms with Crippen LogP contribution >= 0.6 is 0 Å². The third-order valence-corrected chi connectivity index (χ3v) is 1.43. The molecule has 0 aromatic carbocycles. The lowest BCUT2D eigenvalue weighted by molar-refractivity contribution is -0.136. The molecular weight excluding hydrogens is 186 g/mol. The van der Waals surface area contributed by atoms with Crippen LogP contribution in [0.4, 0.5) is 0 Å². The maximum absolute atomic E-state index is 11.3. The Balaban J connectivity index is 4.43. The van der Waals surface area contributed by atoms with Gasteiger partial charge in [0.25, 0.3) is 0 Å². The molecule has 0 amide bonds. The Morgan fingerprint density at radius 2 is 2.00 bits per heavy atom. The van der Waals surface area contributed by atoms with Crippen LogP contribution < -0.4 is 0 Å². The summed E-state index contributed by atoms with van der Waals surface area (Å²) in [6, 6.07) is 0. The van der Waals surface area contributed by atoms with E-state index in [1.807, 2.05) is 13.8 Å². The fraction of sp³-hybridized carbons (Fsp3) is 0.667. The lowest BCUT2D eigenvalue weighted by atomic mass is 10.0. The fourth-order valence-corrected chi connectivity index (χ4v) is 0.877. The van der Waals surface area contributed by atoms with E-state index in [4.69, 9.17) is 5.21 Å². The SMILES string of the molecule is CCOC(=O)/C(=N\O)C(=O)CC(C)C. The maximum Gasteiger partial charge on any atom is 0.364 e. The number of hydrogen-bond acceptors (Lipinski definition) is 5. The maximum atomic E-state index is 11.3. The van der Waals surface area contributed by atoms with Crippen molar-refractivity contribution in [3.8, 4) is 0 Å². The van der Waals surface area contributed by atoms with Crippen LogP contribution in [-0.4, -0.2) is 29.3 Å². The molecule has 0 unspecified atom stereocenters. The molecule has 0 bridgehead atoms. The first-order chi connectivity index (χ1) is 6.52. The van der Waals surface area contributed by atoms with Crippen molar-refractivity contribution < 1.29 is 19.5 Å². The molecule has 0 aliphatic heterocycles. The Bertz CT molecular complexity index is 245. The summed E-state index contributed by atoms with van der Waals surface area (Å²) in [6.45, 7) is 5.42. The van der Waals surface area contributed by atoms with Gasteiger partial charge in [-0.1, -0.05) is 19.0 Å². The number of carbonyl (C=O) groups excluding carboxylic acids is 2. The average molecular weight is 201 g/mol. The van der Waals surface area contributed by atoms with Gasteiger partial charge in [-0.05, 0) is 12.8 Å². The molecule has 0 aromatic heterocycles. The Kier molecular flexibility index (Phi) is 5.52. The number of ether oxygens (including phenoxy) is 1. The minimum absolute atomic E-state index is 0.105. The number of ketones is 1. The van der Waals surface area contributed by atoms with Gasteiger partial charge in [0.05, 0.1) is 6.61 Å². The van der Waals surface area contributed by atoms with Crippen LogP contribution in [0.25, 0.3) is 0 Å². The lowest BCUT2D eigenvalue weighted by Gasteiger charge is -2.04. The summed E-state index contributed by atoms with van der Waals surface area (Å²) < 4.78 is 4.55. The Morgan fingerprint density at radius 3 is 2.36 bits per heavy atom. The van der Waals surface area contributed by atoms with Crippen molar-refractivity contribution in [1.29, 1.82) is 0 Å². The van der Waals surface area contributed by atoms with E-state index < -0.39 is 17.5 Å². The normalized spacial score (nSPS) is 11.6. The summed E-state index contributed by atoms with van der Waals surface area (Å²) in [5, 5.41) is 11.1. The molecule has 0 spiro atoms. The van der Waals surface area contributed by atoms with E-state index in [0.29, 0.717) is 0 Å². The van der Waals surface area contributed by atoms with Gasteiger partial charge in [0.15, 0.2) is 5.78 Å². The molecule has 80 valence electrons. The van der Waals surface area contributed by atoms with Gasteiger partial charge in [0.2, 0.25) is 5.71 Å². The standard InChI is InChI=1S/C9H15NO4/c1-4-14-9(12)8(10-13)7(11)5-6(2)3/h6,13H,4-5H2,1-3H3/b10-8-. The topological polar surface area (TPSA) is 76.0 Å². The third-order valence-electron chi connectivity index (χ3n) is 1.43. The Labute approximate surface area is 82.7 Å². The first kappa shape index (κ1) is 12.6. The van der Waals surface area contributed by atoms with Crippen molar-refractivity contribution in [1.82, 2.24) is 0 Å². The molecule has 14 heavy (non-hydrogen) atoms. The molecule has 0 aliphatic rings. The molecule has 5 nitrogen and oxygen atoms in total. The number of carbonyl (C=O) groups is 2. The Morgan fingerprint density at radius 1 is 1.43 bits per heavy atom. The van der Waals surface area contributed by atoms with Gasteiger partial charge in [-0.3, -0.25) is 4.79 Å². The molecule has 0 saturated carbocycles. The number of nitrogens with zero attached hydrogens (tertiary/aromatic N) is 1. The van der Waals surface area contributed by atoms with Gasteiger partial charge in [-0.2, -0.15) is 0 Å². The van der Waals surface area contributed by atoms with Gasteiger partial charge in [-0.15, -0.1) is 0 Å². The van der Waals surface area contributed by atoms with E-state index >= 15 is 0 Å². The van der Waals surface area contributed by atoms with E-state index in [-0.39, 0.29) is 18.9 Å². The number of rotatable bonds is 5. The quantitative estimate of drug-likeness (QED) is 0.236. The summed E-state index contributed by atoms with van der Waals surface area (Å²) in [4.78, 5) is 22.4. The molecule has 0 heterocycles.